The highest BCUT2D eigenvalue weighted by molar-refractivity contribution is 6.28. The van der Waals surface area contributed by atoms with Crippen LogP contribution in [0.3, 0.4) is 0 Å². The van der Waals surface area contributed by atoms with E-state index in [4.69, 9.17) is 16.3 Å². The number of nitrogens with zero attached hydrogens (tertiary/aromatic N) is 3. The lowest BCUT2D eigenvalue weighted by Gasteiger charge is -2.05. The van der Waals surface area contributed by atoms with Gasteiger partial charge >= 0.3 is 0 Å². The van der Waals surface area contributed by atoms with Crippen molar-refractivity contribution in [1.29, 1.82) is 0 Å². The smallest absolute Gasteiger partial charge is 0.244 e. The number of ether oxygens (including phenoxy) is 1. The number of nitrogens with one attached hydrogen (secondary N) is 1. The molecule has 0 spiro atoms. The lowest BCUT2D eigenvalue weighted by atomic mass is 10.4. The molecule has 0 aliphatic carbocycles. The molecule has 0 amide bonds. The highest BCUT2D eigenvalue weighted by Crippen LogP contribution is 2.02. The van der Waals surface area contributed by atoms with Gasteiger partial charge in [0.15, 0.2) is 0 Å². The van der Waals surface area contributed by atoms with Crippen LogP contribution in [0.15, 0.2) is 6.20 Å². The van der Waals surface area contributed by atoms with Gasteiger partial charge in [0.05, 0.1) is 12.8 Å². The maximum Gasteiger partial charge on any atom is 0.244 e. The monoisotopic (exact) mass is 230 g/mol. The molecule has 0 aliphatic rings. The average Bonchev–Trinajstić information content (AvgIpc) is 2.23. The van der Waals surface area contributed by atoms with E-state index in [0.29, 0.717) is 19.0 Å². The zero-order valence-electron chi connectivity index (χ0n) is 8.74. The minimum Gasteiger partial charge on any atom is -0.380 e. The van der Waals surface area contributed by atoms with Crippen LogP contribution in [0.5, 0.6) is 0 Å². The van der Waals surface area contributed by atoms with Crippen LogP contribution in [0, 0.1) is 0 Å². The van der Waals surface area contributed by atoms with Crippen molar-refractivity contribution >= 4 is 17.4 Å². The molecule has 0 atom stereocenters. The maximum absolute atomic E-state index is 5.57. The molecule has 0 aromatic carbocycles. The van der Waals surface area contributed by atoms with Gasteiger partial charge in [-0.3, -0.25) is 0 Å². The summed E-state index contributed by atoms with van der Waals surface area (Å²) >= 11 is 5.57. The van der Waals surface area contributed by atoms with Crippen molar-refractivity contribution in [2.45, 2.75) is 19.8 Å². The first-order valence-corrected chi connectivity index (χ1v) is 5.37. The summed E-state index contributed by atoms with van der Waals surface area (Å²) in [6, 6.07) is 0. The standard InChI is InChI=1S/C9H15ClN4O/c1-2-3-5-15-6-4-11-8-7-12-14-9(10)13-8/h7H,2-6H2,1H3,(H,11,13,14). The van der Waals surface area contributed by atoms with Crippen LogP contribution < -0.4 is 5.32 Å². The van der Waals surface area contributed by atoms with E-state index in [9.17, 15) is 0 Å². The van der Waals surface area contributed by atoms with Gasteiger partial charge in [0.2, 0.25) is 5.28 Å². The Balaban J connectivity index is 2.10. The Labute approximate surface area is 94.2 Å². The predicted molar refractivity (Wildman–Crippen MR) is 59.1 cm³/mol. The molecule has 1 aromatic heterocycles. The lowest BCUT2D eigenvalue weighted by molar-refractivity contribution is 0.141. The van der Waals surface area contributed by atoms with Crippen molar-refractivity contribution in [3.8, 4) is 0 Å². The third-order valence-corrected chi connectivity index (χ3v) is 1.89. The molecule has 84 valence electrons. The van der Waals surface area contributed by atoms with E-state index < -0.39 is 0 Å². The van der Waals surface area contributed by atoms with Gasteiger partial charge in [-0.15, -0.1) is 5.10 Å². The molecule has 0 fully saturated rings. The highest BCUT2D eigenvalue weighted by atomic mass is 35.5. The first-order valence-electron chi connectivity index (χ1n) is 4.99. The summed E-state index contributed by atoms with van der Waals surface area (Å²) in [6.45, 7) is 4.29. The van der Waals surface area contributed by atoms with Crippen LogP contribution in [-0.4, -0.2) is 34.9 Å². The van der Waals surface area contributed by atoms with E-state index in [-0.39, 0.29) is 5.28 Å². The molecule has 0 saturated heterocycles. The van der Waals surface area contributed by atoms with E-state index in [0.717, 1.165) is 19.4 Å². The Morgan fingerprint density at radius 1 is 1.47 bits per heavy atom. The van der Waals surface area contributed by atoms with Crippen molar-refractivity contribution < 1.29 is 4.74 Å². The molecule has 6 heteroatoms. The van der Waals surface area contributed by atoms with Crippen molar-refractivity contribution in [3.05, 3.63) is 11.5 Å². The van der Waals surface area contributed by atoms with E-state index >= 15 is 0 Å². The first kappa shape index (κ1) is 12.1. The van der Waals surface area contributed by atoms with Crippen molar-refractivity contribution in [1.82, 2.24) is 15.2 Å². The minimum atomic E-state index is 0.145. The summed E-state index contributed by atoms with van der Waals surface area (Å²) in [6.07, 6.45) is 3.78. The van der Waals surface area contributed by atoms with Gasteiger partial charge in [0.25, 0.3) is 0 Å². The fourth-order valence-electron chi connectivity index (χ4n) is 0.967. The van der Waals surface area contributed by atoms with Crippen molar-refractivity contribution in [2.24, 2.45) is 0 Å². The summed E-state index contributed by atoms with van der Waals surface area (Å²) in [4.78, 5) is 3.93. The van der Waals surface area contributed by atoms with Gasteiger partial charge in [-0.25, -0.2) is 0 Å². The first-order chi connectivity index (χ1) is 7.33. The number of aromatic nitrogens is 3. The number of rotatable bonds is 7. The summed E-state index contributed by atoms with van der Waals surface area (Å²) in [7, 11) is 0. The van der Waals surface area contributed by atoms with E-state index in [1.54, 1.807) is 0 Å². The molecular formula is C9H15ClN4O. The summed E-state index contributed by atoms with van der Waals surface area (Å²) in [5.74, 6) is 0.620. The van der Waals surface area contributed by atoms with Gasteiger partial charge in [-0.05, 0) is 18.0 Å². The second-order valence-electron chi connectivity index (χ2n) is 3.00. The topological polar surface area (TPSA) is 59.9 Å². The second-order valence-corrected chi connectivity index (χ2v) is 3.34. The second kappa shape index (κ2) is 7.36. The Hall–Kier alpha value is -0.940. The van der Waals surface area contributed by atoms with Crippen LogP contribution >= 0.6 is 11.6 Å². The summed E-state index contributed by atoms with van der Waals surface area (Å²) < 4.78 is 5.37. The van der Waals surface area contributed by atoms with E-state index in [1.807, 2.05) is 0 Å². The normalized spacial score (nSPS) is 10.3. The quantitative estimate of drug-likeness (QED) is 0.724. The molecule has 0 saturated carbocycles. The van der Waals surface area contributed by atoms with Gasteiger partial charge in [-0.1, -0.05) is 13.3 Å². The molecule has 15 heavy (non-hydrogen) atoms. The summed E-state index contributed by atoms with van der Waals surface area (Å²) in [5, 5.41) is 10.4. The fraction of sp³-hybridized carbons (Fsp3) is 0.667. The number of unbranched alkanes of at least 4 members (excludes halogenated alkanes) is 1. The lowest BCUT2D eigenvalue weighted by Crippen LogP contribution is -2.11. The van der Waals surface area contributed by atoms with Crippen LogP contribution in [0.2, 0.25) is 5.28 Å². The average molecular weight is 231 g/mol. The van der Waals surface area contributed by atoms with E-state index in [2.05, 4.69) is 27.4 Å². The number of hydrogen-bond acceptors (Lipinski definition) is 5. The Morgan fingerprint density at radius 3 is 3.07 bits per heavy atom. The van der Waals surface area contributed by atoms with Gasteiger partial charge in [0.1, 0.15) is 5.82 Å². The SMILES string of the molecule is CCCCOCCNc1cnnc(Cl)n1. The van der Waals surface area contributed by atoms with Gasteiger partial charge in [-0.2, -0.15) is 10.1 Å². The molecule has 5 nitrogen and oxygen atoms in total. The number of hydrogen-bond donors (Lipinski definition) is 1. The third kappa shape index (κ3) is 5.49. The summed E-state index contributed by atoms with van der Waals surface area (Å²) in [5.41, 5.74) is 0. The molecule has 0 aliphatic heterocycles. The van der Waals surface area contributed by atoms with Crippen LogP contribution in [0.25, 0.3) is 0 Å². The third-order valence-electron chi connectivity index (χ3n) is 1.73. The molecule has 0 bridgehead atoms. The zero-order valence-corrected chi connectivity index (χ0v) is 9.50. The van der Waals surface area contributed by atoms with Gasteiger partial charge in [0, 0.05) is 13.2 Å². The van der Waals surface area contributed by atoms with E-state index in [1.165, 1.54) is 6.20 Å². The van der Waals surface area contributed by atoms with Crippen LogP contribution in [-0.2, 0) is 4.74 Å². The Morgan fingerprint density at radius 2 is 2.33 bits per heavy atom. The molecule has 1 rings (SSSR count). The van der Waals surface area contributed by atoms with Crippen LogP contribution in [0.1, 0.15) is 19.8 Å². The largest absolute Gasteiger partial charge is 0.380 e. The highest BCUT2D eigenvalue weighted by Gasteiger charge is 1.96. The van der Waals surface area contributed by atoms with Crippen molar-refractivity contribution in [3.63, 3.8) is 0 Å². The molecule has 0 unspecified atom stereocenters. The number of halogens is 1. The molecule has 1 heterocycles. The van der Waals surface area contributed by atoms with Crippen molar-refractivity contribution in [2.75, 3.05) is 25.1 Å². The Kier molecular flexibility index (Phi) is 5.96. The predicted octanol–water partition coefficient (Wildman–Crippen LogP) is 1.75. The molecule has 0 radical (unpaired) electrons. The zero-order chi connectivity index (χ0) is 10.9. The maximum atomic E-state index is 5.57. The molecule has 1 aromatic rings. The minimum absolute atomic E-state index is 0.145. The fourth-order valence-corrected chi connectivity index (χ4v) is 1.10. The van der Waals surface area contributed by atoms with Crippen LogP contribution in [0.4, 0.5) is 5.82 Å². The Bertz CT molecular complexity index is 285. The molecule has 1 N–H and O–H groups in total. The number of anilines is 1. The van der Waals surface area contributed by atoms with Gasteiger partial charge < -0.3 is 10.1 Å². The molecular weight excluding hydrogens is 216 g/mol.